The molecule has 6 nitrogen and oxygen atoms in total. The first kappa shape index (κ1) is 15.9. The molecule has 1 aliphatic rings. The maximum absolute atomic E-state index is 12.5. The van der Waals surface area contributed by atoms with Crippen molar-refractivity contribution in [2.75, 3.05) is 13.2 Å². The second-order valence-corrected chi connectivity index (χ2v) is 5.42. The van der Waals surface area contributed by atoms with Gasteiger partial charge in [0.2, 0.25) is 0 Å². The minimum Gasteiger partial charge on any atom is -0.395 e. The SMILES string of the molecule is O=C(NCCO)c1ccc2c(c1)C(=O)N(Cc1ccccc1)C2=O. The summed E-state index contributed by atoms with van der Waals surface area (Å²) in [6.45, 7) is 0.154. The van der Waals surface area contributed by atoms with Gasteiger partial charge in [-0.3, -0.25) is 19.3 Å². The van der Waals surface area contributed by atoms with Crippen molar-refractivity contribution in [2.45, 2.75) is 6.54 Å². The molecule has 0 unspecified atom stereocenters. The van der Waals surface area contributed by atoms with Crippen LogP contribution in [0.2, 0.25) is 0 Å². The molecule has 0 aliphatic carbocycles. The van der Waals surface area contributed by atoms with Crippen LogP contribution in [0.3, 0.4) is 0 Å². The number of fused-ring (bicyclic) bond motifs is 1. The van der Waals surface area contributed by atoms with Gasteiger partial charge in [0.25, 0.3) is 17.7 Å². The molecule has 0 saturated heterocycles. The molecule has 0 saturated carbocycles. The first-order valence-corrected chi connectivity index (χ1v) is 7.55. The van der Waals surface area contributed by atoms with E-state index >= 15 is 0 Å². The highest BCUT2D eigenvalue weighted by atomic mass is 16.3. The molecule has 0 atom stereocenters. The second kappa shape index (κ2) is 6.64. The lowest BCUT2D eigenvalue weighted by molar-refractivity contribution is 0.0642. The third kappa shape index (κ3) is 2.91. The first-order valence-electron chi connectivity index (χ1n) is 7.55. The van der Waals surface area contributed by atoms with Crippen LogP contribution in [0.5, 0.6) is 0 Å². The Hall–Kier alpha value is -2.99. The van der Waals surface area contributed by atoms with Gasteiger partial charge in [-0.15, -0.1) is 0 Å². The molecule has 0 fully saturated rings. The van der Waals surface area contributed by atoms with Crippen molar-refractivity contribution in [3.05, 3.63) is 70.8 Å². The van der Waals surface area contributed by atoms with Crippen LogP contribution in [-0.2, 0) is 6.54 Å². The molecule has 0 radical (unpaired) electrons. The Kier molecular flexibility index (Phi) is 4.39. The van der Waals surface area contributed by atoms with Crippen LogP contribution in [-0.4, -0.2) is 40.9 Å². The zero-order valence-corrected chi connectivity index (χ0v) is 12.9. The summed E-state index contributed by atoms with van der Waals surface area (Å²) >= 11 is 0. The molecule has 3 amide bonds. The van der Waals surface area contributed by atoms with Gasteiger partial charge in [0.15, 0.2) is 0 Å². The first-order chi connectivity index (χ1) is 11.6. The van der Waals surface area contributed by atoms with Crippen LogP contribution in [0.1, 0.15) is 36.6 Å². The van der Waals surface area contributed by atoms with E-state index in [-0.39, 0.29) is 36.7 Å². The average molecular weight is 324 g/mol. The Morgan fingerprint density at radius 1 is 1.00 bits per heavy atom. The van der Waals surface area contributed by atoms with Crippen molar-refractivity contribution in [3.8, 4) is 0 Å². The van der Waals surface area contributed by atoms with Crippen LogP contribution >= 0.6 is 0 Å². The predicted octanol–water partition coefficient (Wildman–Crippen LogP) is 1.20. The van der Waals surface area contributed by atoms with Gasteiger partial charge < -0.3 is 10.4 Å². The number of benzene rings is 2. The molecule has 0 bridgehead atoms. The Bertz CT molecular complexity index is 802. The lowest BCUT2D eigenvalue weighted by Crippen LogP contribution is -2.29. The minimum atomic E-state index is -0.407. The molecule has 122 valence electrons. The fourth-order valence-corrected chi connectivity index (χ4v) is 2.61. The fraction of sp³-hybridized carbons (Fsp3) is 0.167. The molecule has 0 spiro atoms. The highest BCUT2D eigenvalue weighted by Crippen LogP contribution is 2.25. The van der Waals surface area contributed by atoms with E-state index in [0.29, 0.717) is 5.56 Å². The number of amides is 3. The van der Waals surface area contributed by atoms with Crippen molar-refractivity contribution in [3.63, 3.8) is 0 Å². The third-order valence-corrected chi connectivity index (χ3v) is 3.81. The molecule has 0 aromatic heterocycles. The number of nitrogens with one attached hydrogen (secondary N) is 1. The number of rotatable bonds is 5. The molecule has 2 aromatic carbocycles. The fourth-order valence-electron chi connectivity index (χ4n) is 2.61. The predicted molar refractivity (Wildman–Crippen MR) is 86.5 cm³/mol. The quantitative estimate of drug-likeness (QED) is 0.809. The summed E-state index contributed by atoms with van der Waals surface area (Å²) in [5.41, 5.74) is 1.67. The summed E-state index contributed by atoms with van der Waals surface area (Å²) in [4.78, 5) is 38.1. The molecular formula is C18H16N2O4. The Labute approximate surface area is 138 Å². The number of hydrogen-bond acceptors (Lipinski definition) is 4. The molecule has 2 N–H and O–H groups in total. The standard InChI is InChI=1S/C18H16N2O4/c21-9-8-19-16(22)13-6-7-14-15(10-13)18(24)20(17(14)23)11-12-4-2-1-3-5-12/h1-7,10,21H,8-9,11H2,(H,19,22). The zero-order chi connectivity index (χ0) is 17.1. The van der Waals surface area contributed by atoms with Crippen LogP contribution in [0.4, 0.5) is 0 Å². The van der Waals surface area contributed by atoms with E-state index in [1.54, 1.807) is 0 Å². The normalized spacial score (nSPS) is 13.1. The lowest BCUT2D eigenvalue weighted by Gasteiger charge is -2.13. The Morgan fingerprint density at radius 3 is 2.42 bits per heavy atom. The summed E-state index contributed by atoms with van der Waals surface area (Å²) in [6.07, 6.45) is 0. The van der Waals surface area contributed by atoms with Crippen molar-refractivity contribution in [1.82, 2.24) is 10.2 Å². The monoisotopic (exact) mass is 324 g/mol. The number of aliphatic hydroxyl groups excluding tert-OH is 1. The van der Waals surface area contributed by atoms with E-state index in [4.69, 9.17) is 5.11 Å². The Balaban J connectivity index is 1.85. The lowest BCUT2D eigenvalue weighted by atomic mass is 10.1. The highest BCUT2D eigenvalue weighted by molar-refractivity contribution is 6.22. The van der Waals surface area contributed by atoms with Crippen molar-refractivity contribution >= 4 is 17.7 Å². The molecule has 1 aliphatic heterocycles. The molecule has 24 heavy (non-hydrogen) atoms. The van der Waals surface area contributed by atoms with E-state index in [2.05, 4.69) is 5.32 Å². The largest absolute Gasteiger partial charge is 0.395 e. The number of nitrogens with zero attached hydrogens (tertiary/aromatic N) is 1. The summed E-state index contributed by atoms with van der Waals surface area (Å²) in [6, 6.07) is 13.7. The van der Waals surface area contributed by atoms with Crippen molar-refractivity contribution in [2.24, 2.45) is 0 Å². The van der Waals surface area contributed by atoms with Crippen molar-refractivity contribution in [1.29, 1.82) is 0 Å². The number of carbonyl (C=O) groups is 3. The third-order valence-electron chi connectivity index (χ3n) is 3.81. The number of hydrogen-bond donors (Lipinski definition) is 2. The van der Waals surface area contributed by atoms with Gasteiger partial charge in [0, 0.05) is 12.1 Å². The Morgan fingerprint density at radius 2 is 1.71 bits per heavy atom. The molecule has 3 rings (SSSR count). The van der Waals surface area contributed by atoms with Crippen molar-refractivity contribution < 1.29 is 19.5 Å². The average Bonchev–Trinajstić information content (AvgIpc) is 2.85. The summed E-state index contributed by atoms with van der Waals surface area (Å²) in [5, 5.41) is 11.3. The molecular weight excluding hydrogens is 308 g/mol. The van der Waals surface area contributed by atoms with Gasteiger partial charge in [-0.2, -0.15) is 0 Å². The van der Waals surface area contributed by atoms with E-state index in [0.717, 1.165) is 5.56 Å². The van der Waals surface area contributed by atoms with E-state index < -0.39 is 11.8 Å². The smallest absolute Gasteiger partial charge is 0.261 e. The van der Waals surface area contributed by atoms with E-state index in [1.165, 1.54) is 23.1 Å². The van der Waals surface area contributed by atoms with E-state index in [9.17, 15) is 14.4 Å². The van der Waals surface area contributed by atoms with Crippen LogP contribution in [0.15, 0.2) is 48.5 Å². The molecule has 2 aromatic rings. The van der Waals surface area contributed by atoms with E-state index in [1.807, 2.05) is 30.3 Å². The van der Waals surface area contributed by atoms with Gasteiger partial charge >= 0.3 is 0 Å². The summed E-state index contributed by atoms with van der Waals surface area (Å²) < 4.78 is 0. The maximum atomic E-state index is 12.5. The van der Waals surface area contributed by atoms with Crippen LogP contribution in [0, 0.1) is 0 Å². The highest BCUT2D eigenvalue weighted by Gasteiger charge is 2.35. The van der Waals surface area contributed by atoms with Crippen LogP contribution < -0.4 is 5.32 Å². The second-order valence-electron chi connectivity index (χ2n) is 5.42. The van der Waals surface area contributed by atoms with Crippen LogP contribution in [0.25, 0.3) is 0 Å². The topological polar surface area (TPSA) is 86.7 Å². The maximum Gasteiger partial charge on any atom is 0.261 e. The summed E-state index contributed by atoms with van der Waals surface area (Å²) in [5.74, 6) is -1.16. The van der Waals surface area contributed by atoms with Gasteiger partial charge in [0.05, 0.1) is 24.3 Å². The molecule has 6 heteroatoms. The van der Waals surface area contributed by atoms with Gasteiger partial charge in [-0.25, -0.2) is 0 Å². The summed E-state index contributed by atoms with van der Waals surface area (Å²) in [7, 11) is 0. The van der Waals surface area contributed by atoms with Gasteiger partial charge in [-0.1, -0.05) is 30.3 Å². The van der Waals surface area contributed by atoms with Gasteiger partial charge in [-0.05, 0) is 23.8 Å². The molecule has 1 heterocycles. The van der Waals surface area contributed by atoms with Gasteiger partial charge in [0.1, 0.15) is 0 Å². The number of aliphatic hydroxyl groups is 1. The zero-order valence-electron chi connectivity index (χ0n) is 12.9. The number of carbonyl (C=O) groups excluding carboxylic acids is 3. The number of imide groups is 1. The minimum absolute atomic E-state index is 0.128.